The van der Waals surface area contributed by atoms with Crippen LogP contribution in [-0.2, 0) is 0 Å². The fourth-order valence-corrected chi connectivity index (χ4v) is 1.34. The third-order valence-corrected chi connectivity index (χ3v) is 2.21. The molecule has 0 saturated heterocycles. The third kappa shape index (κ3) is 1.78. The summed E-state index contributed by atoms with van der Waals surface area (Å²) in [6.07, 6.45) is 3.08. The fraction of sp³-hybridized carbons (Fsp3) is 0.100. The van der Waals surface area contributed by atoms with E-state index in [-0.39, 0.29) is 0 Å². The van der Waals surface area contributed by atoms with E-state index in [9.17, 15) is 0 Å². The molecule has 7 heteroatoms. The minimum atomic E-state index is 0.373. The Morgan fingerprint density at radius 3 is 2.88 bits per heavy atom. The maximum atomic E-state index is 5.13. The van der Waals surface area contributed by atoms with E-state index in [2.05, 4.69) is 30.3 Å². The van der Waals surface area contributed by atoms with Crippen LogP contribution in [0.1, 0.15) is 5.69 Å². The van der Waals surface area contributed by atoms with Gasteiger partial charge >= 0.3 is 0 Å². The first-order valence-corrected chi connectivity index (χ1v) is 4.95. The molecule has 0 aromatic carbocycles. The first-order chi connectivity index (χ1) is 8.33. The number of H-pyrrole nitrogens is 1. The summed E-state index contributed by atoms with van der Waals surface area (Å²) in [5, 5.41) is 10.2. The van der Waals surface area contributed by atoms with Crippen LogP contribution in [0.4, 0.5) is 0 Å². The van der Waals surface area contributed by atoms with Gasteiger partial charge in [-0.3, -0.25) is 10.1 Å². The van der Waals surface area contributed by atoms with Gasteiger partial charge in [0.25, 0.3) is 5.89 Å². The van der Waals surface area contributed by atoms with Gasteiger partial charge in [-0.05, 0) is 19.1 Å². The smallest absolute Gasteiger partial charge is 0.259 e. The Hall–Kier alpha value is -2.57. The molecule has 0 fully saturated rings. The molecule has 0 aliphatic rings. The van der Waals surface area contributed by atoms with Crippen LogP contribution in [0.5, 0.6) is 0 Å². The lowest BCUT2D eigenvalue weighted by molar-refractivity contribution is 0.431. The summed E-state index contributed by atoms with van der Waals surface area (Å²) in [7, 11) is 0. The second-order valence-corrected chi connectivity index (χ2v) is 3.45. The van der Waals surface area contributed by atoms with E-state index in [0.717, 1.165) is 11.3 Å². The summed E-state index contributed by atoms with van der Waals surface area (Å²) >= 11 is 0. The highest BCUT2D eigenvalue weighted by molar-refractivity contribution is 5.54. The molecule has 7 nitrogen and oxygen atoms in total. The van der Waals surface area contributed by atoms with Gasteiger partial charge in [0, 0.05) is 11.9 Å². The van der Waals surface area contributed by atoms with Crippen molar-refractivity contribution in [2.24, 2.45) is 0 Å². The Bertz CT molecular complexity index is 613. The molecule has 0 saturated carbocycles. The van der Waals surface area contributed by atoms with Gasteiger partial charge < -0.3 is 4.52 Å². The molecule has 3 aromatic heterocycles. The molecule has 3 aromatic rings. The monoisotopic (exact) mass is 228 g/mol. The summed E-state index contributed by atoms with van der Waals surface area (Å²) in [6.45, 7) is 1.91. The van der Waals surface area contributed by atoms with Crippen LogP contribution >= 0.6 is 0 Å². The summed E-state index contributed by atoms with van der Waals surface area (Å²) in [5.74, 6) is 1.25. The van der Waals surface area contributed by atoms with Crippen LogP contribution in [0.25, 0.3) is 23.1 Å². The predicted molar refractivity (Wildman–Crippen MR) is 57.6 cm³/mol. The van der Waals surface area contributed by atoms with Crippen molar-refractivity contribution in [1.82, 2.24) is 30.3 Å². The predicted octanol–water partition coefficient (Wildman–Crippen LogP) is 1.23. The van der Waals surface area contributed by atoms with Gasteiger partial charge in [-0.2, -0.15) is 10.1 Å². The van der Waals surface area contributed by atoms with Crippen LogP contribution in [-0.4, -0.2) is 30.3 Å². The van der Waals surface area contributed by atoms with Gasteiger partial charge in [-0.1, -0.05) is 5.16 Å². The Balaban J connectivity index is 1.98. The van der Waals surface area contributed by atoms with E-state index in [4.69, 9.17) is 4.52 Å². The number of rotatable bonds is 2. The van der Waals surface area contributed by atoms with E-state index >= 15 is 0 Å². The summed E-state index contributed by atoms with van der Waals surface area (Å²) in [6, 6.07) is 3.76. The molecule has 0 atom stereocenters. The van der Waals surface area contributed by atoms with Crippen molar-refractivity contribution in [2.75, 3.05) is 0 Å². The van der Waals surface area contributed by atoms with Gasteiger partial charge in [-0.15, -0.1) is 0 Å². The van der Waals surface area contributed by atoms with Gasteiger partial charge in [-0.25, -0.2) is 4.98 Å². The van der Waals surface area contributed by atoms with Gasteiger partial charge in [0.15, 0.2) is 5.82 Å². The van der Waals surface area contributed by atoms with Crippen molar-refractivity contribution >= 4 is 0 Å². The zero-order chi connectivity index (χ0) is 11.7. The van der Waals surface area contributed by atoms with Gasteiger partial charge in [0.05, 0.1) is 5.56 Å². The first-order valence-electron chi connectivity index (χ1n) is 4.95. The van der Waals surface area contributed by atoms with E-state index in [1.54, 1.807) is 6.20 Å². The van der Waals surface area contributed by atoms with Crippen LogP contribution in [0.15, 0.2) is 29.2 Å². The van der Waals surface area contributed by atoms with Crippen molar-refractivity contribution in [3.05, 3.63) is 30.4 Å². The molecular formula is C10H8N6O. The highest BCUT2D eigenvalue weighted by Crippen LogP contribution is 2.18. The molecule has 0 bridgehead atoms. The van der Waals surface area contributed by atoms with Crippen LogP contribution in [0, 0.1) is 6.92 Å². The molecule has 0 aliphatic carbocycles. The van der Waals surface area contributed by atoms with Crippen molar-refractivity contribution in [2.45, 2.75) is 6.92 Å². The molecule has 0 unspecified atom stereocenters. The molecule has 0 amide bonds. The number of hydrogen-bond donors (Lipinski definition) is 1. The zero-order valence-electron chi connectivity index (χ0n) is 8.95. The standard InChI is InChI=1S/C10H8N6O/c1-6-2-3-7(4-11-6)10-14-9(16-17-10)8-12-5-13-15-8/h2-5H,1H3,(H,12,13,15). The van der Waals surface area contributed by atoms with Crippen molar-refractivity contribution in [1.29, 1.82) is 0 Å². The van der Waals surface area contributed by atoms with E-state index < -0.39 is 0 Å². The second kappa shape index (κ2) is 3.78. The maximum Gasteiger partial charge on any atom is 0.259 e. The van der Waals surface area contributed by atoms with Crippen molar-refractivity contribution < 1.29 is 4.52 Å². The molecule has 0 spiro atoms. The molecule has 3 rings (SSSR count). The van der Waals surface area contributed by atoms with Gasteiger partial charge in [0.2, 0.25) is 5.82 Å². The van der Waals surface area contributed by atoms with Crippen LogP contribution in [0.2, 0.25) is 0 Å². The topological polar surface area (TPSA) is 93.4 Å². The minimum Gasteiger partial charge on any atom is -0.333 e. The molecule has 3 heterocycles. The molecule has 0 aliphatic heterocycles. The summed E-state index contributed by atoms with van der Waals surface area (Å²) in [5.41, 5.74) is 1.71. The summed E-state index contributed by atoms with van der Waals surface area (Å²) < 4.78 is 5.13. The van der Waals surface area contributed by atoms with E-state index in [1.807, 2.05) is 19.1 Å². The average molecular weight is 228 g/mol. The highest BCUT2D eigenvalue weighted by atomic mass is 16.5. The van der Waals surface area contributed by atoms with E-state index in [1.165, 1.54) is 6.33 Å². The molecular weight excluding hydrogens is 220 g/mol. The quantitative estimate of drug-likeness (QED) is 0.708. The lowest BCUT2D eigenvalue weighted by Crippen LogP contribution is -1.85. The largest absolute Gasteiger partial charge is 0.333 e. The van der Waals surface area contributed by atoms with Gasteiger partial charge in [0.1, 0.15) is 6.33 Å². The maximum absolute atomic E-state index is 5.13. The number of nitrogens with one attached hydrogen (secondary N) is 1. The average Bonchev–Trinajstić information content (AvgIpc) is 3.00. The zero-order valence-corrected chi connectivity index (χ0v) is 8.95. The van der Waals surface area contributed by atoms with E-state index in [0.29, 0.717) is 17.5 Å². The number of aromatic amines is 1. The molecule has 1 N–H and O–H groups in total. The second-order valence-electron chi connectivity index (χ2n) is 3.45. The van der Waals surface area contributed by atoms with Crippen LogP contribution in [0.3, 0.4) is 0 Å². The number of aromatic nitrogens is 6. The Morgan fingerprint density at radius 1 is 1.24 bits per heavy atom. The van der Waals surface area contributed by atoms with Crippen molar-refractivity contribution in [3.63, 3.8) is 0 Å². The number of aryl methyl sites for hydroxylation is 1. The fourth-order valence-electron chi connectivity index (χ4n) is 1.34. The molecule has 0 radical (unpaired) electrons. The van der Waals surface area contributed by atoms with Crippen LogP contribution < -0.4 is 0 Å². The first kappa shape index (κ1) is 9.64. The molecule has 84 valence electrons. The number of pyridine rings is 1. The third-order valence-electron chi connectivity index (χ3n) is 2.21. The highest BCUT2D eigenvalue weighted by Gasteiger charge is 2.12. The van der Waals surface area contributed by atoms with Crippen molar-refractivity contribution in [3.8, 4) is 23.1 Å². The SMILES string of the molecule is Cc1ccc(-c2nc(-c3ncn[nH]3)no2)cn1. The normalized spacial score (nSPS) is 10.6. The Morgan fingerprint density at radius 2 is 2.18 bits per heavy atom. The Labute approximate surface area is 95.9 Å². The lowest BCUT2D eigenvalue weighted by Gasteiger charge is -1.93. The lowest BCUT2D eigenvalue weighted by atomic mass is 10.2. The molecule has 17 heavy (non-hydrogen) atoms. The number of nitrogens with zero attached hydrogens (tertiary/aromatic N) is 5. The minimum absolute atomic E-state index is 0.373. The number of hydrogen-bond acceptors (Lipinski definition) is 6. The Kier molecular flexibility index (Phi) is 2.14. The summed E-state index contributed by atoms with van der Waals surface area (Å²) in [4.78, 5) is 12.3.